The first-order valence-electron chi connectivity index (χ1n) is 6.75. The Morgan fingerprint density at radius 1 is 1.13 bits per heavy atom. The number of carbonyl (C=O) groups is 4. The number of hydrogen-bond acceptors (Lipinski definition) is 5. The Hall–Kier alpha value is -2.35. The van der Waals surface area contributed by atoms with Gasteiger partial charge in [0.2, 0.25) is 11.0 Å². The number of hydrogen-bond donors (Lipinski definition) is 2. The highest BCUT2D eigenvalue weighted by molar-refractivity contribution is 8.14. The van der Waals surface area contributed by atoms with E-state index in [9.17, 15) is 19.2 Å². The van der Waals surface area contributed by atoms with Gasteiger partial charge in [-0.2, -0.15) is 0 Å². The van der Waals surface area contributed by atoms with Crippen LogP contribution in [0.5, 0.6) is 0 Å². The molecule has 0 heterocycles. The van der Waals surface area contributed by atoms with Gasteiger partial charge in [-0.3, -0.25) is 14.4 Å². The second kappa shape index (κ2) is 8.94. The van der Waals surface area contributed by atoms with E-state index in [-0.39, 0.29) is 23.7 Å². The predicted molar refractivity (Wildman–Crippen MR) is 84.3 cm³/mol. The number of amides is 1. The molecule has 0 aliphatic rings. The van der Waals surface area contributed by atoms with Crippen LogP contribution in [0.3, 0.4) is 0 Å². The molecule has 0 aromatic heterocycles. The van der Waals surface area contributed by atoms with Crippen LogP contribution in [0.15, 0.2) is 30.3 Å². The zero-order valence-electron chi connectivity index (χ0n) is 12.5. The third-order valence-corrected chi connectivity index (χ3v) is 4.00. The molecule has 1 rings (SSSR count). The molecule has 2 N–H and O–H groups in total. The Bertz CT molecular complexity index is 589. The van der Waals surface area contributed by atoms with Crippen LogP contribution < -0.4 is 0 Å². The van der Waals surface area contributed by atoms with Crippen molar-refractivity contribution in [2.75, 3.05) is 12.8 Å². The molecule has 0 spiro atoms. The number of rotatable bonds is 8. The standard InChI is InChI=1S/C15H17NO6S/c1-16(11(14(20)21)7-8-13(18)19)12(17)9-23-15(22)10-5-3-2-4-6-10/h2-6,11H,7-9H2,1H3,(H,18,19)(H,20,21)/t11-/m0/s1. The second-order valence-corrected chi connectivity index (χ2v) is 5.68. The molecule has 124 valence electrons. The van der Waals surface area contributed by atoms with E-state index in [0.717, 1.165) is 16.7 Å². The van der Waals surface area contributed by atoms with Crippen LogP contribution in [0.4, 0.5) is 0 Å². The molecule has 8 heteroatoms. The lowest BCUT2D eigenvalue weighted by atomic mass is 10.1. The molecule has 1 atom stereocenters. The fourth-order valence-corrected chi connectivity index (χ4v) is 2.56. The SMILES string of the molecule is CN(C(=O)CSC(=O)c1ccccc1)[C@@H](CCC(=O)O)C(=O)O. The molecule has 0 aliphatic carbocycles. The predicted octanol–water partition coefficient (Wildman–Crippen LogP) is 1.34. The number of aliphatic carboxylic acids is 2. The molecule has 0 saturated carbocycles. The summed E-state index contributed by atoms with van der Waals surface area (Å²) in [5.41, 5.74) is 0.452. The summed E-state index contributed by atoms with van der Waals surface area (Å²) >= 11 is 0.780. The van der Waals surface area contributed by atoms with Gasteiger partial charge < -0.3 is 15.1 Å². The van der Waals surface area contributed by atoms with Gasteiger partial charge in [0.05, 0.1) is 5.75 Å². The number of carboxylic acids is 2. The van der Waals surface area contributed by atoms with Crippen molar-refractivity contribution in [2.24, 2.45) is 0 Å². The molecule has 1 aromatic carbocycles. The van der Waals surface area contributed by atoms with Crippen molar-refractivity contribution >= 4 is 34.7 Å². The second-order valence-electron chi connectivity index (χ2n) is 4.73. The first-order chi connectivity index (χ1) is 10.8. The summed E-state index contributed by atoms with van der Waals surface area (Å²) < 4.78 is 0. The van der Waals surface area contributed by atoms with Crippen molar-refractivity contribution in [3.8, 4) is 0 Å². The van der Waals surface area contributed by atoms with E-state index in [2.05, 4.69) is 0 Å². The topological polar surface area (TPSA) is 112 Å². The van der Waals surface area contributed by atoms with Crippen LogP contribution >= 0.6 is 11.8 Å². The lowest BCUT2D eigenvalue weighted by molar-refractivity contribution is -0.149. The van der Waals surface area contributed by atoms with Crippen molar-refractivity contribution < 1.29 is 29.4 Å². The van der Waals surface area contributed by atoms with Gasteiger partial charge in [0.25, 0.3) is 0 Å². The zero-order valence-corrected chi connectivity index (χ0v) is 13.3. The Morgan fingerprint density at radius 2 is 1.74 bits per heavy atom. The molecule has 1 aromatic rings. The minimum atomic E-state index is -1.28. The normalized spacial score (nSPS) is 11.5. The molecular weight excluding hydrogens is 322 g/mol. The molecule has 0 bridgehead atoms. The lowest BCUT2D eigenvalue weighted by Gasteiger charge is -2.24. The quantitative estimate of drug-likeness (QED) is 0.735. The van der Waals surface area contributed by atoms with Crippen molar-refractivity contribution in [1.82, 2.24) is 4.90 Å². The highest BCUT2D eigenvalue weighted by Gasteiger charge is 2.27. The summed E-state index contributed by atoms with van der Waals surface area (Å²) in [5.74, 6) is -3.16. The molecule has 23 heavy (non-hydrogen) atoms. The maximum Gasteiger partial charge on any atom is 0.326 e. The first kappa shape index (κ1) is 18.7. The van der Waals surface area contributed by atoms with Gasteiger partial charge in [-0.1, -0.05) is 42.1 Å². The fourth-order valence-electron chi connectivity index (χ4n) is 1.80. The van der Waals surface area contributed by atoms with Crippen LogP contribution in [-0.2, 0) is 14.4 Å². The van der Waals surface area contributed by atoms with Crippen molar-refractivity contribution in [3.05, 3.63) is 35.9 Å². The molecule has 0 unspecified atom stereocenters. The van der Waals surface area contributed by atoms with Crippen LogP contribution in [0.25, 0.3) is 0 Å². The summed E-state index contributed by atoms with van der Waals surface area (Å²) in [7, 11) is 1.29. The van der Waals surface area contributed by atoms with Crippen LogP contribution in [0.1, 0.15) is 23.2 Å². The minimum Gasteiger partial charge on any atom is -0.481 e. The summed E-state index contributed by atoms with van der Waals surface area (Å²) in [6.45, 7) is 0. The van der Waals surface area contributed by atoms with E-state index < -0.39 is 23.9 Å². The summed E-state index contributed by atoms with van der Waals surface area (Å²) in [6.07, 6.45) is -0.547. The van der Waals surface area contributed by atoms with Gasteiger partial charge >= 0.3 is 11.9 Å². The molecule has 0 saturated heterocycles. The Kier molecular flexibility index (Phi) is 7.27. The summed E-state index contributed by atoms with van der Waals surface area (Å²) in [6, 6.07) is 7.18. The smallest absolute Gasteiger partial charge is 0.326 e. The molecule has 7 nitrogen and oxygen atoms in total. The number of likely N-dealkylation sites (N-methyl/N-ethyl adjacent to an activating group) is 1. The van der Waals surface area contributed by atoms with E-state index in [1.807, 2.05) is 0 Å². The first-order valence-corrected chi connectivity index (χ1v) is 7.74. The summed E-state index contributed by atoms with van der Waals surface area (Å²) in [5, 5.41) is 17.4. The monoisotopic (exact) mass is 339 g/mol. The molecule has 0 fully saturated rings. The highest BCUT2D eigenvalue weighted by Crippen LogP contribution is 2.14. The third kappa shape index (κ3) is 6.11. The van der Waals surface area contributed by atoms with Gasteiger partial charge in [0, 0.05) is 19.0 Å². The zero-order chi connectivity index (χ0) is 17.4. The molecule has 1 amide bonds. The van der Waals surface area contributed by atoms with E-state index >= 15 is 0 Å². The Labute approximate surface area is 137 Å². The highest BCUT2D eigenvalue weighted by atomic mass is 32.2. The van der Waals surface area contributed by atoms with Crippen LogP contribution in [-0.4, -0.2) is 56.9 Å². The number of carboxylic acid groups (broad SMARTS) is 2. The number of benzene rings is 1. The number of thioether (sulfide) groups is 1. The fraction of sp³-hybridized carbons (Fsp3) is 0.333. The van der Waals surface area contributed by atoms with Crippen molar-refractivity contribution in [2.45, 2.75) is 18.9 Å². The minimum absolute atomic E-state index is 0.190. The molecular formula is C15H17NO6S. The summed E-state index contributed by atoms with van der Waals surface area (Å²) in [4.78, 5) is 46.6. The van der Waals surface area contributed by atoms with E-state index in [0.29, 0.717) is 5.56 Å². The van der Waals surface area contributed by atoms with Gasteiger partial charge in [-0.25, -0.2) is 4.79 Å². The van der Waals surface area contributed by atoms with Crippen molar-refractivity contribution in [3.63, 3.8) is 0 Å². The average molecular weight is 339 g/mol. The van der Waals surface area contributed by atoms with Gasteiger partial charge in [-0.15, -0.1) is 0 Å². The largest absolute Gasteiger partial charge is 0.481 e. The van der Waals surface area contributed by atoms with E-state index in [4.69, 9.17) is 10.2 Å². The van der Waals surface area contributed by atoms with Gasteiger partial charge in [0.15, 0.2) is 0 Å². The third-order valence-electron chi connectivity index (χ3n) is 3.11. The molecule has 0 aliphatic heterocycles. The Balaban J connectivity index is 2.59. The van der Waals surface area contributed by atoms with E-state index in [1.165, 1.54) is 7.05 Å². The maximum absolute atomic E-state index is 12.0. The van der Waals surface area contributed by atoms with Gasteiger partial charge in [-0.05, 0) is 6.42 Å². The number of carbonyl (C=O) groups excluding carboxylic acids is 2. The van der Waals surface area contributed by atoms with Gasteiger partial charge in [0.1, 0.15) is 6.04 Å². The maximum atomic E-state index is 12.0. The lowest BCUT2D eigenvalue weighted by Crippen LogP contribution is -2.43. The van der Waals surface area contributed by atoms with Crippen LogP contribution in [0.2, 0.25) is 0 Å². The van der Waals surface area contributed by atoms with Crippen molar-refractivity contribution in [1.29, 1.82) is 0 Å². The van der Waals surface area contributed by atoms with E-state index in [1.54, 1.807) is 30.3 Å². The number of nitrogens with zero attached hydrogens (tertiary/aromatic N) is 1. The average Bonchev–Trinajstić information content (AvgIpc) is 2.52. The Morgan fingerprint density at radius 3 is 2.26 bits per heavy atom. The van der Waals surface area contributed by atoms with Crippen LogP contribution in [0, 0.1) is 0 Å². The molecule has 0 radical (unpaired) electrons.